The zero-order valence-electron chi connectivity index (χ0n) is 9.67. The molecular formula is C15H12N2O. The fourth-order valence-corrected chi connectivity index (χ4v) is 1.87. The Morgan fingerprint density at radius 2 is 1.78 bits per heavy atom. The van der Waals surface area contributed by atoms with Crippen LogP contribution in [0.2, 0.25) is 0 Å². The van der Waals surface area contributed by atoms with E-state index in [-0.39, 0.29) is 5.75 Å². The van der Waals surface area contributed by atoms with Crippen LogP contribution in [0.15, 0.2) is 60.7 Å². The highest BCUT2D eigenvalue weighted by Gasteiger charge is 1.99. The molecule has 0 fully saturated rings. The standard InChI is InChI=1S/C15H12N2O/c18-13-6-3-5-12(10-13)16-15-9-8-11-4-1-2-7-14(11)17-15/h1-10,18H,(H,16,17). The van der Waals surface area contributed by atoms with Gasteiger partial charge < -0.3 is 10.4 Å². The lowest BCUT2D eigenvalue weighted by molar-refractivity contribution is 0.475. The molecule has 1 heterocycles. The van der Waals surface area contributed by atoms with E-state index in [0.29, 0.717) is 0 Å². The Hall–Kier alpha value is -2.55. The summed E-state index contributed by atoms with van der Waals surface area (Å²) < 4.78 is 0. The molecule has 3 nitrogen and oxygen atoms in total. The number of hydrogen-bond acceptors (Lipinski definition) is 3. The van der Waals surface area contributed by atoms with Gasteiger partial charge in [0.2, 0.25) is 0 Å². The van der Waals surface area contributed by atoms with E-state index in [1.165, 1.54) is 0 Å². The first kappa shape index (κ1) is 10.6. The van der Waals surface area contributed by atoms with Crippen molar-refractivity contribution in [1.29, 1.82) is 0 Å². The van der Waals surface area contributed by atoms with Crippen molar-refractivity contribution in [3.63, 3.8) is 0 Å². The first-order valence-electron chi connectivity index (χ1n) is 5.73. The van der Waals surface area contributed by atoms with Gasteiger partial charge in [0.25, 0.3) is 0 Å². The van der Waals surface area contributed by atoms with Gasteiger partial charge in [-0.25, -0.2) is 4.98 Å². The van der Waals surface area contributed by atoms with Crippen molar-refractivity contribution >= 4 is 22.4 Å². The second-order valence-corrected chi connectivity index (χ2v) is 4.06. The smallest absolute Gasteiger partial charge is 0.131 e. The van der Waals surface area contributed by atoms with Crippen LogP contribution in [0.3, 0.4) is 0 Å². The van der Waals surface area contributed by atoms with Gasteiger partial charge in [0.05, 0.1) is 5.52 Å². The number of aromatic hydroxyl groups is 1. The lowest BCUT2D eigenvalue weighted by Gasteiger charge is -2.06. The summed E-state index contributed by atoms with van der Waals surface area (Å²) in [6.07, 6.45) is 0. The van der Waals surface area contributed by atoms with E-state index >= 15 is 0 Å². The van der Waals surface area contributed by atoms with Crippen molar-refractivity contribution < 1.29 is 5.11 Å². The maximum Gasteiger partial charge on any atom is 0.131 e. The average molecular weight is 236 g/mol. The van der Waals surface area contributed by atoms with Crippen LogP contribution < -0.4 is 5.32 Å². The maximum atomic E-state index is 9.40. The van der Waals surface area contributed by atoms with Gasteiger partial charge in [-0.05, 0) is 30.3 Å². The van der Waals surface area contributed by atoms with Crippen molar-refractivity contribution in [1.82, 2.24) is 4.98 Å². The first-order valence-corrected chi connectivity index (χ1v) is 5.73. The Morgan fingerprint density at radius 3 is 2.67 bits per heavy atom. The van der Waals surface area contributed by atoms with Crippen molar-refractivity contribution in [2.24, 2.45) is 0 Å². The summed E-state index contributed by atoms with van der Waals surface area (Å²) >= 11 is 0. The molecule has 0 atom stereocenters. The molecular weight excluding hydrogens is 224 g/mol. The van der Waals surface area contributed by atoms with Crippen LogP contribution >= 0.6 is 0 Å². The van der Waals surface area contributed by atoms with Crippen LogP contribution in [0.4, 0.5) is 11.5 Å². The van der Waals surface area contributed by atoms with Gasteiger partial charge in [0.15, 0.2) is 0 Å². The zero-order chi connectivity index (χ0) is 12.4. The zero-order valence-corrected chi connectivity index (χ0v) is 9.67. The molecule has 0 aliphatic carbocycles. The van der Waals surface area contributed by atoms with E-state index in [4.69, 9.17) is 0 Å². The molecule has 0 aliphatic heterocycles. The summed E-state index contributed by atoms with van der Waals surface area (Å²) in [4.78, 5) is 4.51. The fraction of sp³-hybridized carbons (Fsp3) is 0. The molecule has 0 bridgehead atoms. The third-order valence-electron chi connectivity index (χ3n) is 2.72. The number of nitrogens with one attached hydrogen (secondary N) is 1. The van der Waals surface area contributed by atoms with E-state index < -0.39 is 0 Å². The minimum absolute atomic E-state index is 0.237. The normalized spacial score (nSPS) is 10.4. The number of anilines is 2. The molecule has 2 aromatic carbocycles. The predicted octanol–water partition coefficient (Wildman–Crippen LogP) is 3.68. The molecule has 0 unspecified atom stereocenters. The number of para-hydroxylation sites is 1. The third kappa shape index (κ3) is 2.11. The Morgan fingerprint density at radius 1 is 0.889 bits per heavy atom. The van der Waals surface area contributed by atoms with Crippen LogP contribution in [0.1, 0.15) is 0 Å². The fourth-order valence-electron chi connectivity index (χ4n) is 1.87. The summed E-state index contributed by atoms with van der Waals surface area (Å²) in [5.74, 6) is 1.00. The summed E-state index contributed by atoms with van der Waals surface area (Å²) in [6, 6.07) is 18.9. The molecule has 2 N–H and O–H groups in total. The van der Waals surface area contributed by atoms with Crippen molar-refractivity contribution in [2.75, 3.05) is 5.32 Å². The molecule has 1 aromatic heterocycles. The number of rotatable bonds is 2. The van der Waals surface area contributed by atoms with E-state index in [1.807, 2.05) is 42.5 Å². The number of aromatic nitrogens is 1. The number of phenols is 1. The van der Waals surface area contributed by atoms with Crippen LogP contribution in [0.5, 0.6) is 5.75 Å². The summed E-state index contributed by atoms with van der Waals surface area (Å²) in [6.45, 7) is 0. The van der Waals surface area contributed by atoms with Crippen LogP contribution in [-0.4, -0.2) is 10.1 Å². The maximum absolute atomic E-state index is 9.40. The first-order chi connectivity index (χ1) is 8.81. The second-order valence-electron chi connectivity index (χ2n) is 4.06. The number of fused-ring (bicyclic) bond motifs is 1. The molecule has 0 saturated carbocycles. The molecule has 0 spiro atoms. The molecule has 3 aromatic rings. The second kappa shape index (κ2) is 4.37. The Kier molecular flexibility index (Phi) is 2.57. The largest absolute Gasteiger partial charge is 0.508 e. The van der Waals surface area contributed by atoms with Gasteiger partial charge in [-0.3, -0.25) is 0 Å². The Bertz CT molecular complexity index is 695. The van der Waals surface area contributed by atoms with Gasteiger partial charge in [-0.2, -0.15) is 0 Å². The number of hydrogen-bond donors (Lipinski definition) is 2. The van der Waals surface area contributed by atoms with Crippen LogP contribution in [0.25, 0.3) is 10.9 Å². The molecule has 0 amide bonds. The molecule has 88 valence electrons. The van der Waals surface area contributed by atoms with Crippen molar-refractivity contribution in [3.05, 3.63) is 60.7 Å². The quantitative estimate of drug-likeness (QED) is 0.713. The minimum Gasteiger partial charge on any atom is -0.508 e. The summed E-state index contributed by atoms with van der Waals surface area (Å²) in [5.41, 5.74) is 1.76. The van der Waals surface area contributed by atoms with E-state index in [1.54, 1.807) is 18.2 Å². The highest BCUT2D eigenvalue weighted by atomic mass is 16.3. The van der Waals surface area contributed by atoms with Gasteiger partial charge in [-0.1, -0.05) is 24.3 Å². The molecule has 18 heavy (non-hydrogen) atoms. The predicted molar refractivity (Wildman–Crippen MR) is 73.1 cm³/mol. The molecule has 0 aliphatic rings. The number of nitrogens with zero attached hydrogens (tertiary/aromatic N) is 1. The highest BCUT2D eigenvalue weighted by Crippen LogP contribution is 2.21. The summed E-state index contributed by atoms with van der Waals surface area (Å²) in [5, 5.41) is 13.7. The SMILES string of the molecule is Oc1cccc(Nc2ccc3ccccc3n2)c1. The number of phenolic OH excluding ortho intramolecular Hbond substituents is 1. The lowest BCUT2D eigenvalue weighted by atomic mass is 10.2. The Balaban J connectivity index is 1.95. The Labute approximate surface area is 105 Å². The lowest BCUT2D eigenvalue weighted by Crippen LogP contribution is -1.93. The topological polar surface area (TPSA) is 45.1 Å². The van der Waals surface area contributed by atoms with Crippen LogP contribution in [0, 0.1) is 0 Å². The highest BCUT2D eigenvalue weighted by molar-refractivity contribution is 5.80. The molecule has 0 saturated heterocycles. The number of pyridine rings is 1. The molecule has 0 radical (unpaired) electrons. The number of benzene rings is 2. The van der Waals surface area contributed by atoms with Gasteiger partial charge in [0.1, 0.15) is 11.6 Å². The van der Waals surface area contributed by atoms with E-state index in [9.17, 15) is 5.11 Å². The van der Waals surface area contributed by atoms with E-state index in [2.05, 4.69) is 10.3 Å². The van der Waals surface area contributed by atoms with Crippen molar-refractivity contribution in [3.8, 4) is 5.75 Å². The van der Waals surface area contributed by atoms with Crippen LogP contribution in [-0.2, 0) is 0 Å². The van der Waals surface area contributed by atoms with E-state index in [0.717, 1.165) is 22.4 Å². The molecule has 3 heteroatoms. The minimum atomic E-state index is 0.237. The van der Waals surface area contributed by atoms with Gasteiger partial charge >= 0.3 is 0 Å². The third-order valence-corrected chi connectivity index (χ3v) is 2.72. The van der Waals surface area contributed by atoms with Gasteiger partial charge in [-0.15, -0.1) is 0 Å². The average Bonchev–Trinajstić information content (AvgIpc) is 2.39. The monoisotopic (exact) mass is 236 g/mol. The summed E-state index contributed by atoms with van der Waals surface area (Å²) in [7, 11) is 0. The molecule has 3 rings (SSSR count). The van der Waals surface area contributed by atoms with Gasteiger partial charge in [0, 0.05) is 17.1 Å². The van der Waals surface area contributed by atoms with Crippen molar-refractivity contribution in [2.45, 2.75) is 0 Å².